The lowest BCUT2D eigenvalue weighted by atomic mass is 10.1. The SMILES string of the molecule is CC(Cc1c[nH]c2ccc(I)cc12)NCC(F)(F)CO[Si](c1ccccc1)(c1ccccc1)C(C)(C)C. The van der Waals surface area contributed by atoms with Crippen LogP contribution in [-0.4, -0.2) is 38.4 Å². The first-order valence-electron chi connectivity index (χ1n) is 12.6. The number of benzene rings is 3. The van der Waals surface area contributed by atoms with Crippen LogP contribution in [0.2, 0.25) is 5.04 Å². The molecule has 1 unspecified atom stereocenters. The average Bonchev–Trinajstić information content (AvgIpc) is 3.25. The van der Waals surface area contributed by atoms with Crippen molar-refractivity contribution in [1.29, 1.82) is 0 Å². The zero-order valence-electron chi connectivity index (χ0n) is 21.8. The van der Waals surface area contributed by atoms with Crippen molar-refractivity contribution in [2.45, 2.75) is 51.1 Å². The molecule has 0 radical (unpaired) electrons. The topological polar surface area (TPSA) is 37.0 Å². The second kappa shape index (κ2) is 11.4. The number of fused-ring (bicyclic) bond motifs is 1. The Morgan fingerprint density at radius 1 is 0.946 bits per heavy atom. The van der Waals surface area contributed by atoms with Gasteiger partial charge in [-0.15, -0.1) is 0 Å². The van der Waals surface area contributed by atoms with Crippen molar-refractivity contribution < 1.29 is 13.2 Å². The van der Waals surface area contributed by atoms with Crippen molar-refractivity contribution in [2.24, 2.45) is 0 Å². The maximum atomic E-state index is 15.3. The van der Waals surface area contributed by atoms with E-state index in [9.17, 15) is 0 Å². The summed E-state index contributed by atoms with van der Waals surface area (Å²) in [6.45, 7) is 7.17. The molecule has 1 atom stereocenters. The summed E-state index contributed by atoms with van der Waals surface area (Å²) in [6.07, 6.45) is 2.63. The predicted molar refractivity (Wildman–Crippen MR) is 161 cm³/mol. The summed E-state index contributed by atoms with van der Waals surface area (Å²) in [5.74, 6) is -3.02. The lowest BCUT2D eigenvalue weighted by Crippen LogP contribution is -2.67. The van der Waals surface area contributed by atoms with Crippen LogP contribution < -0.4 is 15.7 Å². The van der Waals surface area contributed by atoms with Crippen molar-refractivity contribution >= 4 is 52.2 Å². The first-order chi connectivity index (χ1) is 17.5. The highest BCUT2D eigenvalue weighted by Crippen LogP contribution is 2.37. The fourth-order valence-electron chi connectivity index (χ4n) is 5.07. The summed E-state index contributed by atoms with van der Waals surface area (Å²) >= 11 is 2.29. The van der Waals surface area contributed by atoms with Crippen molar-refractivity contribution in [1.82, 2.24) is 10.3 Å². The molecule has 2 N–H and O–H groups in total. The lowest BCUT2D eigenvalue weighted by molar-refractivity contribution is -0.0433. The number of hydrogen-bond acceptors (Lipinski definition) is 2. The Kier molecular flexibility index (Phi) is 8.57. The van der Waals surface area contributed by atoms with Gasteiger partial charge in [-0.1, -0.05) is 81.4 Å². The molecule has 3 aromatic carbocycles. The molecule has 0 aliphatic rings. The van der Waals surface area contributed by atoms with Gasteiger partial charge in [0.1, 0.15) is 0 Å². The molecule has 0 saturated carbocycles. The Hall–Kier alpha value is -2.07. The minimum absolute atomic E-state index is 0.115. The van der Waals surface area contributed by atoms with Crippen LogP contribution >= 0.6 is 22.6 Å². The third-order valence-electron chi connectivity index (χ3n) is 6.88. The minimum Gasteiger partial charge on any atom is -0.401 e. The van der Waals surface area contributed by atoms with E-state index in [4.69, 9.17) is 4.43 Å². The van der Waals surface area contributed by atoms with Gasteiger partial charge in [0.2, 0.25) is 0 Å². The summed E-state index contributed by atoms with van der Waals surface area (Å²) in [6, 6.07) is 25.9. The van der Waals surface area contributed by atoms with E-state index in [2.05, 4.69) is 71.9 Å². The fraction of sp³-hybridized carbons (Fsp3) is 0.333. The van der Waals surface area contributed by atoms with Gasteiger partial charge in [-0.25, -0.2) is 8.78 Å². The van der Waals surface area contributed by atoms with E-state index in [0.29, 0.717) is 6.42 Å². The number of nitrogens with one attached hydrogen (secondary N) is 2. The Labute approximate surface area is 233 Å². The zero-order valence-corrected chi connectivity index (χ0v) is 25.0. The monoisotopic (exact) mass is 632 g/mol. The summed E-state index contributed by atoms with van der Waals surface area (Å²) in [4.78, 5) is 3.28. The molecule has 4 aromatic rings. The normalized spacial score (nSPS) is 13.7. The Bertz CT molecular complexity index is 1270. The van der Waals surface area contributed by atoms with E-state index in [-0.39, 0.29) is 11.1 Å². The third-order valence-corrected chi connectivity index (χ3v) is 12.5. The van der Waals surface area contributed by atoms with Crippen LogP contribution in [0.3, 0.4) is 0 Å². The van der Waals surface area contributed by atoms with Crippen LogP contribution in [0.5, 0.6) is 0 Å². The highest BCUT2D eigenvalue weighted by atomic mass is 127. The van der Waals surface area contributed by atoms with E-state index in [1.165, 1.54) is 0 Å². The van der Waals surface area contributed by atoms with Crippen molar-refractivity contribution in [3.05, 3.63) is 94.2 Å². The molecule has 0 amide bonds. The molecule has 0 saturated heterocycles. The van der Waals surface area contributed by atoms with Gasteiger partial charge in [-0.2, -0.15) is 0 Å². The van der Waals surface area contributed by atoms with Crippen LogP contribution in [0.4, 0.5) is 8.78 Å². The van der Waals surface area contributed by atoms with E-state index in [1.807, 2.05) is 73.8 Å². The standard InChI is InChI=1S/C30H35F2IN2OSi/c1-22(17-23-19-34-28-16-15-24(33)18-27(23)28)35-20-30(31,32)21-36-37(29(2,3)4,25-11-7-5-8-12-25)26-13-9-6-10-14-26/h5-16,18-19,22,34-35H,17,20-21H2,1-4H3. The lowest BCUT2D eigenvalue weighted by Gasteiger charge is -2.43. The summed E-state index contributed by atoms with van der Waals surface area (Å²) in [5.41, 5.74) is 2.19. The molecule has 1 aromatic heterocycles. The van der Waals surface area contributed by atoms with Gasteiger partial charge in [-0.05, 0) is 75.1 Å². The number of aromatic amines is 1. The first kappa shape index (κ1) is 27.9. The summed E-state index contributed by atoms with van der Waals surface area (Å²) in [5, 5.41) is 5.86. The van der Waals surface area contributed by atoms with Crippen LogP contribution in [-0.2, 0) is 10.8 Å². The van der Waals surface area contributed by atoms with Crippen LogP contribution in [0, 0.1) is 3.57 Å². The second-order valence-corrected chi connectivity index (χ2v) is 16.3. The molecule has 0 aliphatic carbocycles. The fourth-order valence-corrected chi connectivity index (χ4v) is 10.1. The van der Waals surface area contributed by atoms with Crippen molar-refractivity contribution in [3.63, 3.8) is 0 Å². The Balaban J connectivity index is 1.49. The van der Waals surface area contributed by atoms with Crippen LogP contribution in [0.1, 0.15) is 33.3 Å². The molecule has 4 rings (SSSR count). The largest absolute Gasteiger partial charge is 0.401 e. The summed E-state index contributed by atoms with van der Waals surface area (Å²) < 4.78 is 38.3. The quantitative estimate of drug-likeness (QED) is 0.155. The van der Waals surface area contributed by atoms with Gasteiger partial charge >= 0.3 is 0 Å². The van der Waals surface area contributed by atoms with E-state index in [0.717, 1.165) is 30.4 Å². The highest BCUT2D eigenvalue weighted by Gasteiger charge is 2.51. The Morgan fingerprint density at radius 3 is 2.11 bits per heavy atom. The first-order valence-corrected chi connectivity index (χ1v) is 15.6. The van der Waals surface area contributed by atoms with Crippen molar-refractivity contribution in [3.8, 4) is 0 Å². The van der Waals surface area contributed by atoms with E-state index < -0.39 is 27.4 Å². The molecule has 196 valence electrons. The predicted octanol–water partition coefficient (Wildman–Crippen LogP) is 6.51. The summed E-state index contributed by atoms with van der Waals surface area (Å²) in [7, 11) is -3.02. The smallest absolute Gasteiger partial charge is 0.281 e. The third kappa shape index (κ3) is 6.33. The van der Waals surface area contributed by atoms with E-state index >= 15 is 8.78 Å². The Morgan fingerprint density at radius 2 is 1.54 bits per heavy atom. The molecule has 1 heterocycles. The van der Waals surface area contributed by atoms with Gasteiger partial charge < -0.3 is 14.7 Å². The number of rotatable bonds is 10. The molecule has 0 spiro atoms. The molecule has 3 nitrogen and oxygen atoms in total. The van der Waals surface area contributed by atoms with Gasteiger partial charge in [0.05, 0.1) is 13.2 Å². The maximum absolute atomic E-state index is 15.3. The molecule has 7 heteroatoms. The number of hydrogen-bond donors (Lipinski definition) is 2. The maximum Gasteiger partial charge on any atom is 0.281 e. The van der Waals surface area contributed by atoms with Crippen molar-refractivity contribution in [2.75, 3.05) is 13.2 Å². The van der Waals surface area contributed by atoms with Gasteiger partial charge in [-0.3, -0.25) is 0 Å². The molecule has 0 aliphatic heterocycles. The molecule has 37 heavy (non-hydrogen) atoms. The molecular formula is C30H35F2IN2OSi. The van der Waals surface area contributed by atoms with Crippen LogP contribution in [0.15, 0.2) is 85.1 Å². The van der Waals surface area contributed by atoms with Gasteiger partial charge in [0.25, 0.3) is 14.2 Å². The number of alkyl halides is 2. The highest BCUT2D eigenvalue weighted by molar-refractivity contribution is 14.1. The minimum atomic E-state index is -3.02. The molecule has 0 fully saturated rings. The number of halogens is 3. The van der Waals surface area contributed by atoms with Gasteiger partial charge in [0.15, 0.2) is 0 Å². The number of aromatic nitrogens is 1. The molecular weight excluding hydrogens is 597 g/mol. The zero-order chi connectivity index (χ0) is 26.7. The average molecular weight is 633 g/mol. The molecule has 0 bridgehead atoms. The van der Waals surface area contributed by atoms with Gasteiger partial charge in [0, 0.05) is 26.7 Å². The number of H-pyrrole nitrogens is 1. The van der Waals surface area contributed by atoms with E-state index in [1.54, 1.807) is 0 Å². The van der Waals surface area contributed by atoms with Crippen LogP contribution in [0.25, 0.3) is 10.9 Å². The second-order valence-electron chi connectivity index (χ2n) is 10.8.